The van der Waals surface area contributed by atoms with Crippen molar-refractivity contribution in [3.8, 4) is 0 Å². The maximum Gasteiger partial charge on any atom is 0.268 e. The zero-order chi connectivity index (χ0) is 21.5. The maximum absolute atomic E-state index is 14.0. The van der Waals surface area contributed by atoms with Gasteiger partial charge in [-0.1, -0.05) is 53.5 Å². The molecule has 2 N–H and O–H groups in total. The van der Waals surface area contributed by atoms with Crippen LogP contribution >= 0.6 is 23.2 Å². The minimum Gasteiger partial charge on any atom is -0.372 e. The van der Waals surface area contributed by atoms with Crippen LogP contribution in [0.5, 0.6) is 0 Å². The summed E-state index contributed by atoms with van der Waals surface area (Å²) in [7, 11) is 0. The van der Waals surface area contributed by atoms with E-state index in [4.69, 9.17) is 23.2 Å². The first-order chi connectivity index (χ1) is 14.3. The molecule has 1 aliphatic rings. The summed E-state index contributed by atoms with van der Waals surface area (Å²) in [5, 5.41) is 14.4. The molecule has 0 radical (unpaired) electrons. The minimum atomic E-state index is -1.99. The molecule has 0 saturated heterocycles. The highest BCUT2D eigenvalue weighted by atomic mass is 35.5. The van der Waals surface area contributed by atoms with Crippen LogP contribution in [0.15, 0.2) is 66.7 Å². The molecule has 4 rings (SSSR count). The molecule has 30 heavy (non-hydrogen) atoms. The number of carbonyl (C=O) groups is 2. The van der Waals surface area contributed by atoms with Crippen LogP contribution in [0.2, 0.25) is 10.0 Å². The molecule has 8 heteroatoms. The number of carbonyl (C=O) groups excluding carboxylic acids is 2. The van der Waals surface area contributed by atoms with E-state index in [1.165, 1.54) is 23.1 Å². The van der Waals surface area contributed by atoms with E-state index in [2.05, 4.69) is 5.32 Å². The second kappa shape index (κ2) is 7.72. The van der Waals surface area contributed by atoms with E-state index in [0.717, 1.165) is 6.07 Å². The Bertz CT molecular complexity index is 1170. The van der Waals surface area contributed by atoms with E-state index in [1.54, 1.807) is 42.5 Å². The fourth-order valence-corrected chi connectivity index (χ4v) is 3.86. The van der Waals surface area contributed by atoms with Gasteiger partial charge in [0.2, 0.25) is 5.91 Å². The van der Waals surface area contributed by atoms with Gasteiger partial charge in [0.15, 0.2) is 5.60 Å². The Morgan fingerprint density at radius 3 is 2.50 bits per heavy atom. The normalized spacial score (nSPS) is 17.7. The number of hydrogen-bond donors (Lipinski definition) is 2. The van der Waals surface area contributed by atoms with Gasteiger partial charge in [-0.3, -0.25) is 14.5 Å². The summed E-state index contributed by atoms with van der Waals surface area (Å²) >= 11 is 11.8. The van der Waals surface area contributed by atoms with Gasteiger partial charge in [-0.15, -0.1) is 0 Å². The number of nitrogens with one attached hydrogen (secondary N) is 1. The third-order valence-electron chi connectivity index (χ3n) is 4.89. The average molecular weight is 445 g/mol. The molecular formula is C22H15Cl2FN2O3. The SMILES string of the molecule is O=C(CN1C(=O)[C@](O)(c2cccc(Cl)c2)c2ccccc21)Nc1ccc(Cl)cc1F. The number of nitrogens with zero attached hydrogens (tertiary/aromatic N) is 1. The lowest BCUT2D eigenvalue weighted by Gasteiger charge is -2.23. The van der Waals surface area contributed by atoms with Crippen LogP contribution in [0.1, 0.15) is 11.1 Å². The Morgan fingerprint density at radius 1 is 1.03 bits per heavy atom. The molecule has 152 valence electrons. The van der Waals surface area contributed by atoms with Crippen LogP contribution in [0.3, 0.4) is 0 Å². The number of amides is 2. The second-order valence-corrected chi connectivity index (χ2v) is 7.67. The predicted octanol–water partition coefficient (Wildman–Crippen LogP) is 4.35. The third-order valence-corrected chi connectivity index (χ3v) is 5.36. The van der Waals surface area contributed by atoms with E-state index < -0.39 is 29.8 Å². The molecule has 3 aromatic carbocycles. The van der Waals surface area contributed by atoms with Gasteiger partial charge in [0, 0.05) is 15.6 Å². The number of benzene rings is 3. The number of halogens is 3. The van der Waals surface area contributed by atoms with Crippen LogP contribution < -0.4 is 10.2 Å². The summed E-state index contributed by atoms with van der Waals surface area (Å²) in [6.45, 7) is -0.416. The van der Waals surface area contributed by atoms with Crippen LogP contribution in [0, 0.1) is 5.82 Å². The molecule has 1 aliphatic heterocycles. The molecule has 2 amide bonds. The monoisotopic (exact) mass is 444 g/mol. The highest BCUT2D eigenvalue weighted by molar-refractivity contribution is 6.31. The van der Waals surface area contributed by atoms with Crippen LogP contribution in [-0.2, 0) is 15.2 Å². The maximum atomic E-state index is 14.0. The summed E-state index contributed by atoms with van der Waals surface area (Å²) in [5.41, 5.74) is -1.04. The molecule has 0 aliphatic carbocycles. The van der Waals surface area contributed by atoms with Gasteiger partial charge in [-0.2, -0.15) is 0 Å². The first-order valence-electron chi connectivity index (χ1n) is 8.95. The molecule has 1 atom stereocenters. The summed E-state index contributed by atoms with van der Waals surface area (Å²) in [5.74, 6) is -2.02. The minimum absolute atomic E-state index is 0.0607. The van der Waals surface area contributed by atoms with Crippen molar-refractivity contribution in [2.24, 2.45) is 0 Å². The Kier molecular flexibility index (Phi) is 5.24. The van der Waals surface area contributed by atoms with E-state index in [1.807, 2.05) is 0 Å². The lowest BCUT2D eigenvalue weighted by Crippen LogP contribution is -2.44. The van der Waals surface area contributed by atoms with Crippen molar-refractivity contribution in [3.63, 3.8) is 0 Å². The van der Waals surface area contributed by atoms with Crippen molar-refractivity contribution < 1.29 is 19.1 Å². The van der Waals surface area contributed by atoms with Crippen molar-refractivity contribution in [2.45, 2.75) is 5.60 Å². The standard InChI is InChI=1S/C22H15Cl2FN2O3/c23-14-5-3-4-13(10-14)22(30)16-6-1-2-7-19(16)27(21(22)29)12-20(28)26-18-9-8-15(24)11-17(18)25/h1-11,30H,12H2,(H,26,28)/t22-/m0/s1. The predicted molar refractivity (Wildman–Crippen MR) is 113 cm³/mol. The Balaban J connectivity index is 1.66. The van der Waals surface area contributed by atoms with Crippen LogP contribution in [-0.4, -0.2) is 23.5 Å². The number of hydrogen-bond acceptors (Lipinski definition) is 3. The molecule has 0 unspecified atom stereocenters. The molecule has 0 aromatic heterocycles. The van der Waals surface area contributed by atoms with Crippen molar-refractivity contribution in [1.29, 1.82) is 0 Å². The largest absolute Gasteiger partial charge is 0.372 e. The lowest BCUT2D eigenvalue weighted by atomic mass is 9.87. The van der Waals surface area contributed by atoms with Gasteiger partial charge in [-0.05, 0) is 42.0 Å². The van der Waals surface area contributed by atoms with Crippen molar-refractivity contribution in [2.75, 3.05) is 16.8 Å². The molecule has 0 saturated carbocycles. The highest BCUT2D eigenvalue weighted by Gasteiger charge is 2.51. The number of rotatable bonds is 4. The van der Waals surface area contributed by atoms with E-state index >= 15 is 0 Å². The van der Waals surface area contributed by atoms with E-state index in [-0.39, 0.29) is 10.7 Å². The number of anilines is 2. The number of aliphatic hydroxyl groups is 1. The fourth-order valence-electron chi connectivity index (χ4n) is 3.51. The third kappa shape index (κ3) is 3.43. The Hall–Kier alpha value is -2.93. The van der Waals surface area contributed by atoms with Crippen LogP contribution in [0.25, 0.3) is 0 Å². The molecule has 0 spiro atoms. The molecule has 5 nitrogen and oxygen atoms in total. The number of fused-ring (bicyclic) bond motifs is 1. The summed E-state index contributed by atoms with van der Waals surface area (Å²) in [4.78, 5) is 27.0. The van der Waals surface area contributed by atoms with Gasteiger partial charge >= 0.3 is 0 Å². The van der Waals surface area contributed by atoms with Gasteiger partial charge < -0.3 is 10.4 Å². The number of para-hydroxylation sites is 1. The lowest BCUT2D eigenvalue weighted by molar-refractivity contribution is -0.133. The van der Waals surface area contributed by atoms with E-state index in [9.17, 15) is 19.1 Å². The molecule has 0 fully saturated rings. The molecule has 0 bridgehead atoms. The molecule has 3 aromatic rings. The zero-order valence-corrected chi connectivity index (χ0v) is 16.9. The quantitative estimate of drug-likeness (QED) is 0.628. The van der Waals surface area contributed by atoms with Gasteiger partial charge in [0.1, 0.15) is 12.4 Å². The molecule has 1 heterocycles. The van der Waals surface area contributed by atoms with E-state index in [0.29, 0.717) is 21.8 Å². The summed E-state index contributed by atoms with van der Waals surface area (Å²) in [6, 6.07) is 16.8. The Morgan fingerprint density at radius 2 is 1.77 bits per heavy atom. The Labute approximate surface area is 181 Å². The molecular weight excluding hydrogens is 430 g/mol. The van der Waals surface area contributed by atoms with Crippen molar-refractivity contribution in [3.05, 3.63) is 93.7 Å². The van der Waals surface area contributed by atoms with Crippen LogP contribution in [0.4, 0.5) is 15.8 Å². The van der Waals surface area contributed by atoms with Crippen molar-refractivity contribution >= 4 is 46.4 Å². The highest BCUT2D eigenvalue weighted by Crippen LogP contribution is 2.44. The topological polar surface area (TPSA) is 69.6 Å². The van der Waals surface area contributed by atoms with Crippen molar-refractivity contribution in [1.82, 2.24) is 0 Å². The zero-order valence-electron chi connectivity index (χ0n) is 15.4. The first kappa shape index (κ1) is 20.3. The summed E-state index contributed by atoms with van der Waals surface area (Å²) < 4.78 is 14.0. The van der Waals surface area contributed by atoms with Gasteiger partial charge in [-0.25, -0.2) is 4.39 Å². The summed E-state index contributed by atoms with van der Waals surface area (Å²) in [6.07, 6.45) is 0. The fraction of sp³-hybridized carbons (Fsp3) is 0.0909. The average Bonchev–Trinajstić information content (AvgIpc) is 2.93. The second-order valence-electron chi connectivity index (χ2n) is 6.80. The van der Waals surface area contributed by atoms with Gasteiger partial charge in [0.25, 0.3) is 5.91 Å². The van der Waals surface area contributed by atoms with Gasteiger partial charge in [0.05, 0.1) is 11.4 Å². The first-order valence-corrected chi connectivity index (χ1v) is 9.71. The smallest absolute Gasteiger partial charge is 0.268 e.